The van der Waals surface area contributed by atoms with Crippen LogP contribution in [0.15, 0.2) is 46.0 Å². The number of nitrogens with one attached hydrogen (secondary N) is 1. The molecule has 0 aromatic heterocycles. The highest BCUT2D eigenvalue weighted by Crippen LogP contribution is 2.33. The Morgan fingerprint density at radius 1 is 1.29 bits per heavy atom. The first-order valence-electron chi connectivity index (χ1n) is 8.20. The molecule has 0 spiro atoms. The lowest BCUT2D eigenvalue weighted by Gasteiger charge is -2.13. The average Bonchev–Trinajstić information content (AvgIpc) is 2.67. The summed E-state index contributed by atoms with van der Waals surface area (Å²) in [7, 11) is 1.50. The fraction of sp³-hybridized carbons (Fsp3) is 0.211. The Kier molecular flexibility index (Phi) is 8.71. The number of amides is 1. The lowest BCUT2D eigenvalue weighted by molar-refractivity contribution is -0.145. The molecule has 0 aliphatic rings. The van der Waals surface area contributed by atoms with E-state index in [1.54, 1.807) is 37.3 Å². The molecule has 1 N–H and O–H groups in total. The van der Waals surface area contributed by atoms with Gasteiger partial charge in [-0.15, -0.1) is 0 Å². The molecule has 0 aliphatic carbocycles. The van der Waals surface area contributed by atoms with Crippen LogP contribution in [0.2, 0.25) is 0 Å². The third-order valence-corrected chi connectivity index (χ3v) is 4.88. The molecule has 0 bridgehead atoms. The van der Waals surface area contributed by atoms with Crippen LogP contribution < -0.4 is 14.9 Å². The van der Waals surface area contributed by atoms with Gasteiger partial charge < -0.3 is 14.2 Å². The number of hydrazone groups is 1. The number of nitrogens with zero attached hydrogens (tertiary/aromatic N) is 1. The van der Waals surface area contributed by atoms with Gasteiger partial charge in [-0.05, 0) is 75.3 Å². The van der Waals surface area contributed by atoms with Gasteiger partial charge in [-0.25, -0.2) is 10.2 Å². The Morgan fingerprint density at radius 3 is 2.71 bits per heavy atom. The monoisotopic (exact) mass is 560 g/mol. The predicted molar refractivity (Wildman–Crippen MR) is 117 cm³/mol. The molecule has 148 valence electrons. The highest BCUT2D eigenvalue weighted by atomic mass is 127. The first kappa shape index (κ1) is 22.2. The summed E-state index contributed by atoms with van der Waals surface area (Å²) < 4.78 is 17.1. The molecular weight excluding hydrogens is 543 g/mol. The Bertz CT molecular complexity index is 889. The average molecular weight is 561 g/mol. The van der Waals surface area contributed by atoms with Crippen molar-refractivity contribution in [1.29, 1.82) is 0 Å². The van der Waals surface area contributed by atoms with Crippen LogP contribution >= 0.6 is 38.5 Å². The van der Waals surface area contributed by atoms with Gasteiger partial charge >= 0.3 is 5.97 Å². The second-order valence-corrected chi connectivity index (χ2v) is 7.32. The van der Waals surface area contributed by atoms with E-state index in [-0.39, 0.29) is 19.1 Å². The van der Waals surface area contributed by atoms with Crippen molar-refractivity contribution < 1.29 is 23.8 Å². The van der Waals surface area contributed by atoms with E-state index in [0.29, 0.717) is 27.1 Å². The van der Waals surface area contributed by atoms with Gasteiger partial charge in [0.2, 0.25) is 0 Å². The van der Waals surface area contributed by atoms with Crippen LogP contribution in [-0.4, -0.2) is 38.4 Å². The maximum atomic E-state index is 12.2. The fourth-order valence-corrected chi connectivity index (χ4v) is 3.41. The summed E-state index contributed by atoms with van der Waals surface area (Å²) in [4.78, 5) is 23.6. The minimum atomic E-state index is -0.458. The van der Waals surface area contributed by atoms with Gasteiger partial charge in [0.15, 0.2) is 18.1 Å². The van der Waals surface area contributed by atoms with Gasteiger partial charge in [0.1, 0.15) is 0 Å². The normalized spacial score (nSPS) is 10.6. The van der Waals surface area contributed by atoms with E-state index in [2.05, 4.69) is 49.0 Å². The molecule has 0 unspecified atom stereocenters. The summed E-state index contributed by atoms with van der Waals surface area (Å²) in [5.74, 6) is 0.0842. The van der Waals surface area contributed by atoms with Crippen molar-refractivity contribution in [1.82, 2.24) is 5.43 Å². The third kappa shape index (κ3) is 6.20. The molecular formula is C19H18BrIN2O5. The van der Waals surface area contributed by atoms with Gasteiger partial charge in [-0.3, -0.25) is 4.79 Å². The smallest absolute Gasteiger partial charge is 0.344 e. The number of ether oxygens (including phenoxy) is 3. The van der Waals surface area contributed by atoms with Crippen LogP contribution in [0.4, 0.5) is 0 Å². The minimum absolute atomic E-state index is 0.213. The van der Waals surface area contributed by atoms with Crippen molar-refractivity contribution in [3.63, 3.8) is 0 Å². The molecule has 0 saturated carbocycles. The molecule has 0 atom stereocenters. The van der Waals surface area contributed by atoms with Crippen molar-refractivity contribution in [3.8, 4) is 11.5 Å². The zero-order chi connectivity index (χ0) is 20.5. The van der Waals surface area contributed by atoms with Crippen LogP contribution in [0.5, 0.6) is 11.5 Å². The number of esters is 1. The molecule has 7 nitrogen and oxygen atoms in total. The Labute approximate surface area is 184 Å². The van der Waals surface area contributed by atoms with E-state index in [1.807, 2.05) is 6.07 Å². The lowest BCUT2D eigenvalue weighted by Crippen LogP contribution is -2.18. The molecule has 9 heteroatoms. The highest BCUT2D eigenvalue weighted by Gasteiger charge is 2.14. The first-order chi connectivity index (χ1) is 13.5. The molecule has 0 radical (unpaired) electrons. The van der Waals surface area contributed by atoms with Crippen molar-refractivity contribution in [2.75, 3.05) is 20.3 Å². The van der Waals surface area contributed by atoms with Crippen molar-refractivity contribution >= 4 is 56.6 Å². The van der Waals surface area contributed by atoms with Crippen LogP contribution in [-0.2, 0) is 9.53 Å². The van der Waals surface area contributed by atoms with E-state index in [4.69, 9.17) is 14.2 Å². The van der Waals surface area contributed by atoms with E-state index in [9.17, 15) is 9.59 Å². The first-order valence-corrected chi connectivity index (χ1v) is 10.1. The summed E-state index contributed by atoms with van der Waals surface area (Å²) in [6.07, 6.45) is 1.49. The number of halogens is 2. The van der Waals surface area contributed by atoms with Crippen LogP contribution in [0.25, 0.3) is 0 Å². The second-order valence-electron chi connectivity index (χ2n) is 5.31. The molecule has 0 fully saturated rings. The second kappa shape index (κ2) is 11.0. The van der Waals surface area contributed by atoms with Crippen molar-refractivity contribution in [2.24, 2.45) is 5.10 Å². The Balaban J connectivity index is 2.09. The molecule has 2 rings (SSSR count). The zero-order valence-electron chi connectivity index (χ0n) is 15.2. The van der Waals surface area contributed by atoms with E-state index >= 15 is 0 Å². The fourth-order valence-electron chi connectivity index (χ4n) is 2.16. The maximum absolute atomic E-state index is 12.2. The standard InChI is InChI=1S/C19H18BrIN2O5/c1-3-27-17(24)11-28-18-15(21)8-12(9-16(18)26-2)10-22-23-19(25)13-6-4-5-7-14(13)20/h4-10H,3,11H2,1-2H3,(H,23,25)/b22-10-. The largest absolute Gasteiger partial charge is 0.493 e. The highest BCUT2D eigenvalue weighted by molar-refractivity contribution is 14.1. The summed E-state index contributed by atoms with van der Waals surface area (Å²) in [5, 5.41) is 3.98. The van der Waals surface area contributed by atoms with Gasteiger partial charge in [0, 0.05) is 4.47 Å². The number of benzene rings is 2. The third-order valence-electron chi connectivity index (χ3n) is 3.39. The van der Waals surface area contributed by atoms with Crippen LogP contribution in [0.3, 0.4) is 0 Å². The van der Waals surface area contributed by atoms with Gasteiger partial charge in [-0.1, -0.05) is 12.1 Å². The molecule has 0 saturated heterocycles. The lowest BCUT2D eigenvalue weighted by atomic mass is 10.2. The zero-order valence-corrected chi connectivity index (χ0v) is 18.9. The molecule has 28 heavy (non-hydrogen) atoms. The number of hydrogen-bond acceptors (Lipinski definition) is 6. The molecule has 2 aromatic carbocycles. The molecule has 0 aliphatic heterocycles. The van der Waals surface area contributed by atoms with E-state index < -0.39 is 5.97 Å². The quantitative estimate of drug-likeness (QED) is 0.230. The molecule has 2 aromatic rings. The summed E-state index contributed by atoms with van der Waals surface area (Å²) in [6, 6.07) is 10.5. The summed E-state index contributed by atoms with van der Waals surface area (Å²) in [5.41, 5.74) is 3.65. The van der Waals surface area contributed by atoms with Gasteiger partial charge in [0.25, 0.3) is 5.91 Å². The Morgan fingerprint density at radius 2 is 2.04 bits per heavy atom. The van der Waals surface area contributed by atoms with E-state index in [1.165, 1.54) is 13.3 Å². The minimum Gasteiger partial charge on any atom is -0.493 e. The van der Waals surface area contributed by atoms with Crippen molar-refractivity contribution in [2.45, 2.75) is 6.92 Å². The summed E-state index contributed by atoms with van der Waals surface area (Å²) in [6.45, 7) is 1.80. The predicted octanol–water partition coefficient (Wildman–Crippen LogP) is 3.77. The summed E-state index contributed by atoms with van der Waals surface area (Å²) >= 11 is 5.40. The number of carbonyl (C=O) groups is 2. The van der Waals surface area contributed by atoms with Crippen LogP contribution in [0.1, 0.15) is 22.8 Å². The maximum Gasteiger partial charge on any atom is 0.344 e. The van der Waals surface area contributed by atoms with Crippen LogP contribution in [0, 0.1) is 3.57 Å². The van der Waals surface area contributed by atoms with Gasteiger partial charge in [0.05, 0.1) is 29.1 Å². The van der Waals surface area contributed by atoms with E-state index in [0.717, 1.165) is 3.57 Å². The number of rotatable bonds is 8. The topological polar surface area (TPSA) is 86.2 Å². The number of hydrogen-bond donors (Lipinski definition) is 1. The number of methoxy groups -OCH3 is 1. The molecule has 0 heterocycles. The Hall–Kier alpha value is -2.14. The van der Waals surface area contributed by atoms with Gasteiger partial charge in [-0.2, -0.15) is 5.10 Å². The SMILES string of the molecule is CCOC(=O)COc1c(I)cc(/C=N\NC(=O)c2ccccc2Br)cc1OC. The van der Waals surface area contributed by atoms with Crippen molar-refractivity contribution in [3.05, 3.63) is 55.6 Å². The molecule has 1 amide bonds. The number of carbonyl (C=O) groups excluding carboxylic acids is 2.